The van der Waals surface area contributed by atoms with Crippen LogP contribution in [0, 0.1) is 13.8 Å². The molecule has 0 saturated heterocycles. The molecule has 0 heterocycles. The first kappa shape index (κ1) is 13.9. The molecule has 0 aliphatic rings. The molecule has 0 spiro atoms. The molecule has 2 nitrogen and oxygen atoms in total. The lowest BCUT2D eigenvalue weighted by Crippen LogP contribution is -2.04. The summed E-state index contributed by atoms with van der Waals surface area (Å²) in [7, 11) is 0. The first-order chi connectivity index (χ1) is 8.95. The fraction of sp³-hybridized carbons (Fsp3) is 0.250. The molecule has 19 heavy (non-hydrogen) atoms. The van der Waals surface area contributed by atoms with E-state index in [1.165, 1.54) is 11.1 Å². The Morgan fingerprint density at radius 1 is 1.05 bits per heavy atom. The number of rotatable bonds is 3. The molecule has 2 N–H and O–H groups in total. The molecule has 1 atom stereocenters. The van der Waals surface area contributed by atoms with Crippen LogP contribution in [0.3, 0.4) is 0 Å². The highest BCUT2D eigenvalue weighted by Gasteiger charge is 2.07. The van der Waals surface area contributed by atoms with Gasteiger partial charge in [-0.2, -0.15) is 0 Å². The number of hydrogen-bond donors (Lipinski definition) is 1. The van der Waals surface area contributed by atoms with Crippen LogP contribution in [-0.4, -0.2) is 0 Å². The smallest absolute Gasteiger partial charge is 0.146 e. The zero-order chi connectivity index (χ0) is 14.0. The molecule has 0 radical (unpaired) electrons. The summed E-state index contributed by atoms with van der Waals surface area (Å²) in [5.41, 5.74) is 9.15. The van der Waals surface area contributed by atoms with Crippen molar-refractivity contribution in [1.82, 2.24) is 0 Å². The van der Waals surface area contributed by atoms with Crippen molar-refractivity contribution >= 4 is 11.6 Å². The lowest BCUT2D eigenvalue weighted by Gasteiger charge is -2.12. The van der Waals surface area contributed by atoms with E-state index < -0.39 is 0 Å². The Morgan fingerprint density at radius 3 is 2.21 bits per heavy atom. The van der Waals surface area contributed by atoms with E-state index in [1.54, 1.807) is 0 Å². The van der Waals surface area contributed by atoms with Crippen LogP contribution in [0.4, 0.5) is 0 Å². The number of aryl methyl sites for hydroxylation is 2. The average molecular weight is 276 g/mol. The van der Waals surface area contributed by atoms with Crippen LogP contribution in [0.25, 0.3) is 0 Å². The quantitative estimate of drug-likeness (QED) is 0.876. The Hall–Kier alpha value is -1.51. The number of ether oxygens (including phenoxy) is 1. The van der Waals surface area contributed by atoms with Crippen molar-refractivity contribution in [3.8, 4) is 11.5 Å². The van der Waals surface area contributed by atoms with Crippen molar-refractivity contribution in [1.29, 1.82) is 0 Å². The first-order valence-corrected chi connectivity index (χ1v) is 6.64. The molecule has 3 heteroatoms. The molecule has 2 aromatic rings. The van der Waals surface area contributed by atoms with Gasteiger partial charge in [-0.15, -0.1) is 0 Å². The molecule has 0 aliphatic heterocycles. The fourth-order valence-electron chi connectivity index (χ4n) is 2.00. The molecule has 0 amide bonds. The molecule has 100 valence electrons. The van der Waals surface area contributed by atoms with E-state index in [4.69, 9.17) is 22.1 Å². The van der Waals surface area contributed by atoms with Crippen molar-refractivity contribution in [3.05, 3.63) is 58.1 Å². The molecule has 0 aromatic heterocycles. The highest BCUT2D eigenvalue weighted by molar-refractivity contribution is 6.32. The van der Waals surface area contributed by atoms with Gasteiger partial charge in [-0.05, 0) is 61.7 Å². The van der Waals surface area contributed by atoms with Gasteiger partial charge in [0.25, 0.3) is 0 Å². The summed E-state index contributed by atoms with van der Waals surface area (Å²) < 4.78 is 5.83. The second-order valence-corrected chi connectivity index (χ2v) is 5.31. The summed E-state index contributed by atoms with van der Waals surface area (Å²) in [6, 6.07) is 11.7. The minimum atomic E-state index is -0.0345. The molecular formula is C16H18ClNO. The average Bonchev–Trinajstić information content (AvgIpc) is 2.30. The van der Waals surface area contributed by atoms with Gasteiger partial charge in [-0.3, -0.25) is 0 Å². The Morgan fingerprint density at radius 2 is 1.68 bits per heavy atom. The molecule has 0 unspecified atom stereocenters. The van der Waals surface area contributed by atoms with E-state index in [9.17, 15) is 0 Å². The highest BCUT2D eigenvalue weighted by Crippen LogP contribution is 2.32. The zero-order valence-corrected chi connectivity index (χ0v) is 12.2. The van der Waals surface area contributed by atoms with Gasteiger partial charge in [0.05, 0.1) is 5.02 Å². The Labute approximate surface area is 119 Å². The van der Waals surface area contributed by atoms with E-state index in [0.29, 0.717) is 10.8 Å². The summed E-state index contributed by atoms with van der Waals surface area (Å²) in [5.74, 6) is 1.45. The second-order valence-electron chi connectivity index (χ2n) is 4.90. The molecule has 0 bridgehead atoms. The zero-order valence-electron chi connectivity index (χ0n) is 11.4. The SMILES string of the molecule is Cc1cc(C)cc(Oc2ccc([C@@H](C)N)cc2Cl)c1. The van der Waals surface area contributed by atoms with E-state index >= 15 is 0 Å². The van der Waals surface area contributed by atoms with Crippen LogP contribution in [0.5, 0.6) is 11.5 Å². The number of nitrogens with two attached hydrogens (primary N) is 1. The van der Waals surface area contributed by atoms with Crippen LogP contribution < -0.4 is 10.5 Å². The van der Waals surface area contributed by atoms with Crippen molar-refractivity contribution in [2.24, 2.45) is 5.73 Å². The number of benzene rings is 2. The first-order valence-electron chi connectivity index (χ1n) is 6.27. The van der Waals surface area contributed by atoms with Gasteiger partial charge in [0.1, 0.15) is 11.5 Å². The maximum atomic E-state index is 6.22. The van der Waals surface area contributed by atoms with Gasteiger partial charge in [-0.1, -0.05) is 23.7 Å². The van der Waals surface area contributed by atoms with Crippen LogP contribution in [0.2, 0.25) is 5.02 Å². The van der Waals surface area contributed by atoms with Crippen molar-refractivity contribution < 1.29 is 4.74 Å². The number of halogens is 1. The summed E-state index contributed by atoms with van der Waals surface area (Å²) in [4.78, 5) is 0. The maximum absolute atomic E-state index is 6.22. The van der Waals surface area contributed by atoms with Crippen LogP contribution in [-0.2, 0) is 0 Å². The Balaban J connectivity index is 2.28. The van der Waals surface area contributed by atoms with E-state index in [1.807, 2.05) is 51.1 Å². The molecule has 2 aromatic carbocycles. The summed E-state index contributed by atoms with van der Waals surface area (Å²) in [6.07, 6.45) is 0. The third-order valence-corrected chi connectivity index (χ3v) is 3.20. The standard InChI is InChI=1S/C16H18ClNO/c1-10-6-11(2)8-14(7-10)19-16-5-4-13(12(3)18)9-15(16)17/h4-9,12H,18H2,1-3H3/t12-/m1/s1. The molecule has 2 rings (SSSR count). The van der Waals surface area contributed by atoms with Crippen LogP contribution in [0.1, 0.15) is 29.7 Å². The third kappa shape index (κ3) is 3.49. The molecule has 0 fully saturated rings. The highest BCUT2D eigenvalue weighted by atomic mass is 35.5. The van der Waals surface area contributed by atoms with E-state index in [0.717, 1.165) is 11.3 Å². The lowest BCUT2D eigenvalue weighted by atomic mass is 10.1. The summed E-state index contributed by atoms with van der Waals surface area (Å²) >= 11 is 6.22. The minimum absolute atomic E-state index is 0.0345. The monoisotopic (exact) mass is 275 g/mol. The fourth-order valence-corrected chi connectivity index (χ4v) is 2.23. The second kappa shape index (κ2) is 5.64. The van der Waals surface area contributed by atoms with Crippen molar-refractivity contribution in [2.45, 2.75) is 26.8 Å². The lowest BCUT2D eigenvalue weighted by molar-refractivity contribution is 0.481. The molecular weight excluding hydrogens is 258 g/mol. The third-order valence-electron chi connectivity index (χ3n) is 2.90. The normalized spacial score (nSPS) is 12.3. The molecule has 0 aliphatic carbocycles. The molecule has 0 saturated carbocycles. The predicted molar refractivity (Wildman–Crippen MR) is 80.0 cm³/mol. The topological polar surface area (TPSA) is 35.2 Å². The van der Waals surface area contributed by atoms with Gasteiger partial charge in [0, 0.05) is 6.04 Å². The summed E-state index contributed by atoms with van der Waals surface area (Å²) in [5, 5.41) is 0.578. The van der Waals surface area contributed by atoms with Gasteiger partial charge < -0.3 is 10.5 Å². The van der Waals surface area contributed by atoms with Crippen LogP contribution in [0.15, 0.2) is 36.4 Å². The van der Waals surface area contributed by atoms with Gasteiger partial charge in [-0.25, -0.2) is 0 Å². The Bertz CT molecular complexity index is 573. The minimum Gasteiger partial charge on any atom is -0.456 e. The largest absolute Gasteiger partial charge is 0.456 e. The number of hydrogen-bond acceptors (Lipinski definition) is 2. The Kier molecular flexibility index (Phi) is 4.13. The van der Waals surface area contributed by atoms with Gasteiger partial charge in [0.15, 0.2) is 0 Å². The van der Waals surface area contributed by atoms with Gasteiger partial charge >= 0.3 is 0 Å². The van der Waals surface area contributed by atoms with Gasteiger partial charge in [0.2, 0.25) is 0 Å². The van der Waals surface area contributed by atoms with Crippen molar-refractivity contribution in [2.75, 3.05) is 0 Å². The van der Waals surface area contributed by atoms with E-state index in [-0.39, 0.29) is 6.04 Å². The van der Waals surface area contributed by atoms with Crippen molar-refractivity contribution in [3.63, 3.8) is 0 Å². The van der Waals surface area contributed by atoms with E-state index in [2.05, 4.69) is 6.07 Å². The van der Waals surface area contributed by atoms with Crippen LogP contribution >= 0.6 is 11.6 Å². The maximum Gasteiger partial charge on any atom is 0.146 e. The summed E-state index contributed by atoms with van der Waals surface area (Å²) in [6.45, 7) is 6.01. The predicted octanol–water partition coefficient (Wildman–Crippen LogP) is 4.77.